The Kier molecular flexibility index (Phi) is 4.28. The number of aromatic amines is 1. The number of amides is 1. The summed E-state index contributed by atoms with van der Waals surface area (Å²) in [7, 11) is 0. The van der Waals surface area contributed by atoms with Crippen molar-refractivity contribution < 1.29 is 9.53 Å². The second-order valence-electron chi connectivity index (χ2n) is 5.47. The Bertz CT molecular complexity index is 793. The van der Waals surface area contributed by atoms with Crippen LogP contribution in [0, 0.1) is 6.92 Å². The van der Waals surface area contributed by atoms with Gasteiger partial charge in [0.25, 0.3) is 5.91 Å². The Balaban J connectivity index is 1.72. The number of nitrogens with one attached hydrogen (secondary N) is 2. The third kappa shape index (κ3) is 3.51. The maximum absolute atomic E-state index is 12.4. The number of hydrogen-bond donors (Lipinski definition) is 2. The van der Waals surface area contributed by atoms with E-state index in [0.717, 1.165) is 16.5 Å². The van der Waals surface area contributed by atoms with Gasteiger partial charge in [0, 0.05) is 17.8 Å². The van der Waals surface area contributed by atoms with Gasteiger partial charge in [-0.2, -0.15) is 0 Å². The molecule has 23 heavy (non-hydrogen) atoms. The molecule has 0 aliphatic heterocycles. The van der Waals surface area contributed by atoms with Crippen molar-refractivity contribution in [2.45, 2.75) is 26.4 Å². The lowest BCUT2D eigenvalue weighted by Crippen LogP contribution is -2.32. The van der Waals surface area contributed by atoms with Gasteiger partial charge in [-0.15, -0.1) is 0 Å². The Labute approximate surface area is 134 Å². The Morgan fingerprint density at radius 3 is 2.96 bits per heavy atom. The lowest BCUT2D eigenvalue weighted by Gasteiger charge is -2.17. The van der Waals surface area contributed by atoms with Crippen LogP contribution in [-0.2, 0) is 4.79 Å². The fraction of sp³-hybridized carbons (Fsp3) is 0.222. The lowest BCUT2D eigenvalue weighted by atomic mass is 10.2. The van der Waals surface area contributed by atoms with Crippen molar-refractivity contribution in [2.24, 2.45) is 0 Å². The van der Waals surface area contributed by atoms with Gasteiger partial charge in [0.1, 0.15) is 11.6 Å². The summed E-state index contributed by atoms with van der Waals surface area (Å²) in [5.74, 6) is 1.17. The van der Waals surface area contributed by atoms with E-state index in [-0.39, 0.29) is 5.91 Å². The molecular weight excluding hydrogens is 290 g/mol. The van der Waals surface area contributed by atoms with Crippen LogP contribution in [0.3, 0.4) is 0 Å². The SMILES string of the molecule is CCC(Oc1cccc(C)c1)C(=O)Nc1cc2cnccc2[nH]1. The number of aryl methyl sites for hydroxylation is 1. The van der Waals surface area contributed by atoms with E-state index in [2.05, 4.69) is 15.3 Å². The van der Waals surface area contributed by atoms with E-state index in [9.17, 15) is 4.79 Å². The first-order chi connectivity index (χ1) is 11.2. The number of hydrogen-bond acceptors (Lipinski definition) is 3. The Morgan fingerprint density at radius 2 is 2.22 bits per heavy atom. The molecule has 0 aliphatic rings. The van der Waals surface area contributed by atoms with Crippen LogP contribution in [0.5, 0.6) is 5.75 Å². The minimum absolute atomic E-state index is 0.173. The number of carbonyl (C=O) groups excluding carboxylic acids is 1. The summed E-state index contributed by atoms with van der Waals surface area (Å²) in [5.41, 5.74) is 2.03. The van der Waals surface area contributed by atoms with Gasteiger partial charge in [0.05, 0.1) is 5.52 Å². The van der Waals surface area contributed by atoms with Crippen LogP contribution < -0.4 is 10.1 Å². The minimum atomic E-state index is -0.540. The first-order valence-electron chi connectivity index (χ1n) is 7.62. The molecule has 1 atom stereocenters. The highest BCUT2D eigenvalue weighted by atomic mass is 16.5. The molecule has 1 unspecified atom stereocenters. The van der Waals surface area contributed by atoms with Crippen molar-refractivity contribution in [1.29, 1.82) is 0 Å². The summed E-state index contributed by atoms with van der Waals surface area (Å²) in [4.78, 5) is 19.7. The van der Waals surface area contributed by atoms with Crippen LogP contribution in [-0.4, -0.2) is 22.0 Å². The quantitative estimate of drug-likeness (QED) is 0.755. The predicted octanol–water partition coefficient (Wildman–Crippen LogP) is 3.67. The normalized spacial score (nSPS) is 12.1. The molecule has 0 spiro atoms. The van der Waals surface area contributed by atoms with Gasteiger partial charge in [-0.1, -0.05) is 19.1 Å². The molecular formula is C18H19N3O2. The zero-order chi connectivity index (χ0) is 16.2. The summed E-state index contributed by atoms with van der Waals surface area (Å²) < 4.78 is 5.81. The number of aromatic nitrogens is 2. The number of benzene rings is 1. The first kappa shape index (κ1) is 15.1. The molecule has 5 heteroatoms. The second kappa shape index (κ2) is 6.52. The highest BCUT2D eigenvalue weighted by molar-refractivity contribution is 5.96. The van der Waals surface area contributed by atoms with Gasteiger partial charge >= 0.3 is 0 Å². The van der Waals surface area contributed by atoms with E-state index in [0.29, 0.717) is 18.0 Å². The topological polar surface area (TPSA) is 67.0 Å². The highest BCUT2D eigenvalue weighted by Gasteiger charge is 2.19. The van der Waals surface area contributed by atoms with E-state index in [1.54, 1.807) is 12.4 Å². The maximum Gasteiger partial charge on any atom is 0.266 e. The van der Waals surface area contributed by atoms with E-state index < -0.39 is 6.10 Å². The molecule has 0 bridgehead atoms. The van der Waals surface area contributed by atoms with Crippen LogP contribution in [0.1, 0.15) is 18.9 Å². The molecule has 2 heterocycles. The molecule has 5 nitrogen and oxygen atoms in total. The van der Waals surface area contributed by atoms with Crippen LogP contribution >= 0.6 is 0 Å². The van der Waals surface area contributed by atoms with Gasteiger partial charge in [-0.3, -0.25) is 9.78 Å². The molecule has 0 aliphatic carbocycles. The van der Waals surface area contributed by atoms with Crippen LogP contribution in [0.15, 0.2) is 48.8 Å². The van der Waals surface area contributed by atoms with Crippen molar-refractivity contribution in [1.82, 2.24) is 9.97 Å². The predicted molar refractivity (Wildman–Crippen MR) is 90.6 cm³/mol. The van der Waals surface area contributed by atoms with E-state index in [1.165, 1.54) is 0 Å². The summed E-state index contributed by atoms with van der Waals surface area (Å²) >= 11 is 0. The molecule has 1 amide bonds. The molecule has 3 rings (SSSR count). The first-order valence-corrected chi connectivity index (χ1v) is 7.62. The maximum atomic E-state index is 12.4. The number of nitrogens with zero attached hydrogens (tertiary/aromatic N) is 1. The molecule has 2 aromatic heterocycles. The number of anilines is 1. The molecule has 0 fully saturated rings. The van der Waals surface area contributed by atoms with E-state index >= 15 is 0 Å². The van der Waals surface area contributed by atoms with Gasteiger partial charge < -0.3 is 15.0 Å². The van der Waals surface area contributed by atoms with Crippen molar-refractivity contribution in [3.05, 3.63) is 54.4 Å². The standard InChI is InChI=1S/C18H19N3O2/c1-3-16(23-14-6-4-5-12(2)9-14)18(22)21-17-10-13-11-19-8-7-15(13)20-17/h4-11,16,20H,3H2,1-2H3,(H,21,22). The number of rotatable bonds is 5. The summed E-state index contributed by atoms with van der Waals surface area (Å²) in [6.45, 7) is 3.92. The van der Waals surface area contributed by atoms with Gasteiger partial charge in [0.15, 0.2) is 6.10 Å². The Hall–Kier alpha value is -2.82. The number of ether oxygens (including phenoxy) is 1. The number of fused-ring (bicyclic) bond motifs is 1. The molecule has 0 saturated carbocycles. The lowest BCUT2D eigenvalue weighted by molar-refractivity contribution is -0.122. The monoisotopic (exact) mass is 309 g/mol. The summed E-state index contributed by atoms with van der Waals surface area (Å²) in [5, 5.41) is 3.82. The average molecular weight is 309 g/mol. The molecule has 0 saturated heterocycles. The van der Waals surface area contributed by atoms with E-state index in [4.69, 9.17) is 4.74 Å². The summed E-state index contributed by atoms with van der Waals surface area (Å²) in [6, 6.07) is 11.4. The zero-order valence-corrected chi connectivity index (χ0v) is 13.2. The number of carbonyl (C=O) groups is 1. The van der Waals surface area contributed by atoms with Gasteiger partial charge in [-0.25, -0.2) is 0 Å². The Morgan fingerprint density at radius 1 is 1.35 bits per heavy atom. The van der Waals surface area contributed by atoms with Crippen LogP contribution in [0.2, 0.25) is 0 Å². The van der Waals surface area contributed by atoms with Gasteiger partial charge in [0.2, 0.25) is 0 Å². The fourth-order valence-electron chi connectivity index (χ4n) is 2.43. The highest BCUT2D eigenvalue weighted by Crippen LogP contribution is 2.19. The molecule has 0 radical (unpaired) electrons. The molecule has 3 aromatic rings. The zero-order valence-electron chi connectivity index (χ0n) is 13.2. The molecule has 1 aromatic carbocycles. The van der Waals surface area contributed by atoms with Crippen molar-refractivity contribution in [2.75, 3.05) is 5.32 Å². The fourth-order valence-corrected chi connectivity index (χ4v) is 2.43. The molecule has 2 N–H and O–H groups in total. The smallest absolute Gasteiger partial charge is 0.266 e. The average Bonchev–Trinajstić information content (AvgIpc) is 2.94. The van der Waals surface area contributed by atoms with E-state index in [1.807, 2.05) is 50.2 Å². The largest absolute Gasteiger partial charge is 0.481 e. The summed E-state index contributed by atoms with van der Waals surface area (Å²) in [6.07, 6.45) is 3.50. The second-order valence-corrected chi connectivity index (χ2v) is 5.47. The van der Waals surface area contributed by atoms with Crippen LogP contribution in [0.25, 0.3) is 10.9 Å². The van der Waals surface area contributed by atoms with Crippen LogP contribution in [0.4, 0.5) is 5.82 Å². The van der Waals surface area contributed by atoms with Crippen molar-refractivity contribution in [3.63, 3.8) is 0 Å². The molecule has 118 valence electrons. The minimum Gasteiger partial charge on any atom is -0.481 e. The third-order valence-corrected chi connectivity index (χ3v) is 3.61. The van der Waals surface area contributed by atoms with Gasteiger partial charge in [-0.05, 0) is 43.2 Å². The number of pyridine rings is 1. The number of H-pyrrole nitrogens is 1. The van der Waals surface area contributed by atoms with Crippen molar-refractivity contribution in [3.8, 4) is 5.75 Å². The van der Waals surface area contributed by atoms with Crippen molar-refractivity contribution >= 4 is 22.6 Å². The third-order valence-electron chi connectivity index (χ3n) is 3.61.